The SMILES string of the molecule is COC1CCN(c2cc(Cl)nc(-c3ccccc3)n2)CC1. The number of piperidine rings is 1. The van der Waals surface area contributed by atoms with Gasteiger partial charge < -0.3 is 9.64 Å². The molecule has 0 amide bonds. The van der Waals surface area contributed by atoms with Crippen LogP contribution < -0.4 is 4.90 Å². The third-order valence-electron chi connectivity index (χ3n) is 3.81. The van der Waals surface area contributed by atoms with Crippen molar-refractivity contribution in [1.82, 2.24) is 9.97 Å². The smallest absolute Gasteiger partial charge is 0.163 e. The highest BCUT2D eigenvalue weighted by Crippen LogP contribution is 2.25. The molecule has 1 aromatic carbocycles. The van der Waals surface area contributed by atoms with E-state index in [2.05, 4.69) is 14.9 Å². The van der Waals surface area contributed by atoms with E-state index < -0.39 is 0 Å². The van der Waals surface area contributed by atoms with Crippen LogP contribution in [0.25, 0.3) is 11.4 Å². The minimum Gasteiger partial charge on any atom is -0.381 e. The van der Waals surface area contributed by atoms with Gasteiger partial charge >= 0.3 is 0 Å². The van der Waals surface area contributed by atoms with Crippen molar-refractivity contribution in [3.63, 3.8) is 0 Å². The largest absolute Gasteiger partial charge is 0.381 e. The van der Waals surface area contributed by atoms with Crippen molar-refractivity contribution in [3.8, 4) is 11.4 Å². The lowest BCUT2D eigenvalue weighted by Crippen LogP contribution is -2.37. The Morgan fingerprint density at radius 2 is 1.86 bits per heavy atom. The molecule has 1 saturated heterocycles. The molecule has 0 bridgehead atoms. The van der Waals surface area contributed by atoms with Crippen LogP contribution in [0.3, 0.4) is 0 Å². The van der Waals surface area contributed by atoms with Gasteiger partial charge in [0.05, 0.1) is 6.10 Å². The van der Waals surface area contributed by atoms with Crippen molar-refractivity contribution < 1.29 is 4.74 Å². The Bertz CT molecular complexity index is 598. The summed E-state index contributed by atoms with van der Waals surface area (Å²) in [4.78, 5) is 11.2. The zero-order valence-electron chi connectivity index (χ0n) is 12.0. The van der Waals surface area contributed by atoms with Crippen LogP contribution in [0.5, 0.6) is 0 Å². The summed E-state index contributed by atoms with van der Waals surface area (Å²) < 4.78 is 5.41. The fraction of sp³-hybridized carbons (Fsp3) is 0.375. The average molecular weight is 304 g/mol. The maximum Gasteiger partial charge on any atom is 0.163 e. The van der Waals surface area contributed by atoms with Crippen LogP contribution in [0, 0.1) is 0 Å². The molecule has 2 aromatic rings. The van der Waals surface area contributed by atoms with Gasteiger partial charge in [0, 0.05) is 31.8 Å². The van der Waals surface area contributed by atoms with Gasteiger partial charge in [-0.15, -0.1) is 0 Å². The number of ether oxygens (including phenoxy) is 1. The van der Waals surface area contributed by atoms with Crippen LogP contribution in [0.1, 0.15) is 12.8 Å². The molecular formula is C16H18ClN3O. The summed E-state index contributed by atoms with van der Waals surface area (Å²) in [5, 5.41) is 0.479. The molecule has 0 spiro atoms. The van der Waals surface area contributed by atoms with Gasteiger partial charge in [0.25, 0.3) is 0 Å². The van der Waals surface area contributed by atoms with E-state index in [9.17, 15) is 0 Å². The molecular weight excluding hydrogens is 286 g/mol. The zero-order valence-corrected chi connectivity index (χ0v) is 12.8. The lowest BCUT2D eigenvalue weighted by molar-refractivity contribution is 0.0818. The second-order valence-corrected chi connectivity index (χ2v) is 5.55. The van der Waals surface area contributed by atoms with Crippen molar-refractivity contribution in [2.24, 2.45) is 0 Å². The molecule has 1 aliphatic heterocycles. The number of hydrogen-bond acceptors (Lipinski definition) is 4. The fourth-order valence-electron chi connectivity index (χ4n) is 2.60. The van der Waals surface area contributed by atoms with Gasteiger partial charge in [0.2, 0.25) is 0 Å². The summed E-state index contributed by atoms with van der Waals surface area (Å²) in [6.45, 7) is 1.86. The molecule has 0 unspecified atom stereocenters. The summed E-state index contributed by atoms with van der Waals surface area (Å²) >= 11 is 6.17. The molecule has 1 aromatic heterocycles. The molecule has 0 saturated carbocycles. The summed E-state index contributed by atoms with van der Waals surface area (Å²) in [6, 6.07) is 11.7. The van der Waals surface area contributed by atoms with E-state index in [1.165, 1.54) is 0 Å². The van der Waals surface area contributed by atoms with Crippen molar-refractivity contribution in [1.29, 1.82) is 0 Å². The van der Waals surface area contributed by atoms with Gasteiger partial charge in [-0.1, -0.05) is 41.9 Å². The first kappa shape index (κ1) is 14.3. The van der Waals surface area contributed by atoms with E-state index in [0.717, 1.165) is 37.3 Å². The van der Waals surface area contributed by atoms with Crippen LogP contribution in [-0.2, 0) is 4.74 Å². The first-order chi connectivity index (χ1) is 10.3. The number of nitrogens with zero attached hydrogens (tertiary/aromatic N) is 3. The number of hydrogen-bond donors (Lipinski definition) is 0. The molecule has 5 heteroatoms. The summed E-state index contributed by atoms with van der Waals surface area (Å²) in [5.74, 6) is 1.57. The number of halogens is 1. The highest BCUT2D eigenvalue weighted by Gasteiger charge is 2.20. The molecule has 0 radical (unpaired) electrons. The third-order valence-corrected chi connectivity index (χ3v) is 4.01. The van der Waals surface area contributed by atoms with E-state index in [-0.39, 0.29) is 0 Å². The standard InChI is InChI=1S/C16H18ClN3O/c1-21-13-7-9-20(10-8-13)15-11-14(17)18-16(19-15)12-5-3-2-4-6-12/h2-6,11,13H,7-10H2,1H3. The Kier molecular flexibility index (Phi) is 4.36. The number of anilines is 1. The number of aromatic nitrogens is 2. The van der Waals surface area contributed by atoms with E-state index in [1.807, 2.05) is 36.4 Å². The second kappa shape index (κ2) is 6.41. The molecule has 4 nitrogen and oxygen atoms in total. The summed E-state index contributed by atoms with van der Waals surface area (Å²) in [6.07, 6.45) is 2.38. The van der Waals surface area contributed by atoms with Gasteiger partial charge in [0.15, 0.2) is 5.82 Å². The molecule has 3 rings (SSSR count). The predicted octanol–water partition coefficient (Wildman–Crippen LogP) is 3.41. The first-order valence-electron chi connectivity index (χ1n) is 7.14. The van der Waals surface area contributed by atoms with Crippen molar-refractivity contribution >= 4 is 17.4 Å². The molecule has 0 aliphatic carbocycles. The average Bonchev–Trinajstić information content (AvgIpc) is 2.55. The Balaban J connectivity index is 1.85. The summed E-state index contributed by atoms with van der Waals surface area (Å²) in [7, 11) is 1.77. The maximum atomic E-state index is 6.17. The van der Waals surface area contributed by atoms with Gasteiger partial charge in [-0.2, -0.15) is 0 Å². The van der Waals surface area contributed by atoms with Gasteiger partial charge in [-0.05, 0) is 12.8 Å². The van der Waals surface area contributed by atoms with E-state index in [1.54, 1.807) is 7.11 Å². The number of methoxy groups -OCH3 is 1. The van der Waals surface area contributed by atoms with E-state index in [0.29, 0.717) is 17.1 Å². The van der Waals surface area contributed by atoms with Crippen LogP contribution in [0.15, 0.2) is 36.4 Å². The molecule has 0 N–H and O–H groups in total. The van der Waals surface area contributed by atoms with Crippen LogP contribution >= 0.6 is 11.6 Å². The summed E-state index contributed by atoms with van der Waals surface area (Å²) in [5.41, 5.74) is 0.980. The van der Waals surface area contributed by atoms with Crippen LogP contribution in [0.2, 0.25) is 5.15 Å². The first-order valence-corrected chi connectivity index (χ1v) is 7.52. The van der Waals surface area contributed by atoms with Gasteiger partial charge in [-0.3, -0.25) is 0 Å². The normalized spacial score (nSPS) is 16.2. The quantitative estimate of drug-likeness (QED) is 0.815. The van der Waals surface area contributed by atoms with Crippen LogP contribution in [0.4, 0.5) is 5.82 Å². The lowest BCUT2D eigenvalue weighted by atomic mass is 10.1. The minimum atomic E-state index is 0.354. The Morgan fingerprint density at radius 3 is 2.52 bits per heavy atom. The number of benzene rings is 1. The van der Waals surface area contributed by atoms with Crippen LogP contribution in [-0.4, -0.2) is 36.3 Å². The highest BCUT2D eigenvalue weighted by molar-refractivity contribution is 6.29. The fourth-order valence-corrected chi connectivity index (χ4v) is 2.78. The molecule has 1 fully saturated rings. The molecule has 110 valence electrons. The van der Waals surface area contributed by atoms with Crippen molar-refractivity contribution in [2.45, 2.75) is 18.9 Å². The molecule has 2 heterocycles. The topological polar surface area (TPSA) is 38.2 Å². The monoisotopic (exact) mass is 303 g/mol. The van der Waals surface area contributed by atoms with Gasteiger partial charge in [0.1, 0.15) is 11.0 Å². The predicted molar refractivity (Wildman–Crippen MR) is 84.7 cm³/mol. The second-order valence-electron chi connectivity index (χ2n) is 5.16. The highest BCUT2D eigenvalue weighted by atomic mass is 35.5. The molecule has 21 heavy (non-hydrogen) atoms. The van der Waals surface area contributed by atoms with E-state index in [4.69, 9.17) is 16.3 Å². The molecule has 0 atom stereocenters. The maximum absolute atomic E-state index is 6.17. The Labute approximate surface area is 129 Å². The van der Waals surface area contributed by atoms with Crippen molar-refractivity contribution in [2.75, 3.05) is 25.1 Å². The molecule has 1 aliphatic rings. The lowest BCUT2D eigenvalue weighted by Gasteiger charge is -2.32. The third kappa shape index (κ3) is 3.34. The Hall–Kier alpha value is -1.65. The number of rotatable bonds is 3. The van der Waals surface area contributed by atoms with E-state index >= 15 is 0 Å². The zero-order chi connectivity index (χ0) is 14.7. The van der Waals surface area contributed by atoms with Gasteiger partial charge in [-0.25, -0.2) is 9.97 Å². The minimum absolute atomic E-state index is 0.354. The Morgan fingerprint density at radius 1 is 1.14 bits per heavy atom. The van der Waals surface area contributed by atoms with Crippen molar-refractivity contribution in [3.05, 3.63) is 41.6 Å².